The Bertz CT molecular complexity index is 3040. The molecule has 0 amide bonds. The molecule has 0 atom stereocenters. The second-order valence-corrected chi connectivity index (χ2v) is 14.9. The van der Waals surface area contributed by atoms with Crippen LogP contribution in [0.15, 0.2) is 182 Å². The van der Waals surface area contributed by atoms with E-state index in [-0.39, 0.29) is 0 Å². The molecule has 1 nitrogen and oxygen atoms in total. The maximum Gasteiger partial charge on any atom is 0.0491 e. The first-order valence-electron chi connectivity index (χ1n) is 19.4. The van der Waals surface area contributed by atoms with E-state index in [1.165, 1.54) is 110 Å². The number of aryl methyl sites for hydroxylation is 3. The van der Waals surface area contributed by atoms with Crippen LogP contribution in [0.25, 0.3) is 99.0 Å². The summed E-state index contributed by atoms with van der Waals surface area (Å²) in [6.07, 6.45) is 0. The minimum atomic E-state index is 0.956. The Kier molecular flexibility index (Phi) is 7.96. The van der Waals surface area contributed by atoms with Crippen LogP contribution < -0.4 is 0 Å². The van der Waals surface area contributed by atoms with Crippen LogP contribution >= 0.6 is 0 Å². The third-order valence-corrected chi connectivity index (χ3v) is 11.7. The smallest absolute Gasteiger partial charge is 0.0491 e. The number of fused-ring (bicyclic) bond motifs is 5. The van der Waals surface area contributed by atoms with Gasteiger partial charge in [-0.05, 0) is 127 Å². The lowest BCUT2D eigenvalue weighted by Gasteiger charge is -2.19. The van der Waals surface area contributed by atoms with Gasteiger partial charge in [0, 0.05) is 28.4 Å². The molecule has 0 spiro atoms. The van der Waals surface area contributed by atoms with E-state index in [2.05, 4.69) is 207 Å². The zero-order valence-electron chi connectivity index (χ0n) is 31.5. The molecular weight excluding hydrogens is 663 g/mol. The summed E-state index contributed by atoms with van der Waals surface area (Å²) in [5, 5.41) is 7.76. The predicted molar refractivity (Wildman–Crippen MR) is 237 cm³/mol. The van der Waals surface area contributed by atoms with Crippen LogP contribution in [0.3, 0.4) is 0 Å². The van der Waals surface area contributed by atoms with Gasteiger partial charge < -0.3 is 4.57 Å². The van der Waals surface area contributed by atoms with E-state index in [9.17, 15) is 0 Å². The number of rotatable bonds is 6. The van der Waals surface area contributed by atoms with Crippen LogP contribution in [0.4, 0.5) is 0 Å². The maximum absolute atomic E-state index is 2.41. The van der Waals surface area contributed by atoms with Crippen LogP contribution in [-0.2, 0) is 6.54 Å². The lowest BCUT2D eigenvalue weighted by molar-refractivity contribution is 0.827. The van der Waals surface area contributed by atoms with Gasteiger partial charge in [0.25, 0.3) is 0 Å². The topological polar surface area (TPSA) is 4.93 Å². The van der Waals surface area contributed by atoms with Gasteiger partial charge in [-0.1, -0.05) is 164 Å². The predicted octanol–water partition coefficient (Wildman–Crippen LogP) is 15.1. The Labute approximate surface area is 322 Å². The molecule has 0 aliphatic rings. The van der Waals surface area contributed by atoms with Crippen molar-refractivity contribution in [3.05, 3.63) is 193 Å². The highest BCUT2D eigenvalue weighted by Crippen LogP contribution is 2.45. The third kappa shape index (κ3) is 5.55. The standard InChI is InChI=1S/C54H41N/c1-4-55-51-17-11-10-14-45(51)48-34-44(30-31-52(48)55)41-20-18-39(19-21-41)40-24-28-43(29-25-40)54-47-16-9-8-15-46(47)53(49-32-35(2)36(3)33-50(49)54)42-26-22-38(23-27-42)37-12-6-5-7-13-37/h5-34H,4H2,1-3H3. The molecule has 9 aromatic carbocycles. The van der Waals surface area contributed by atoms with Gasteiger partial charge >= 0.3 is 0 Å². The van der Waals surface area contributed by atoms with E-state index < -0.39 is 0 Å². The highest BCUT2D eigenvalue weighted by molar-refractivity contribution is 6.21. The normalized spacial score (nSPS) is 11.6. The Morgan fingerprint density at radius 3 is 1.20 bits per heavy atom. The van der Waals surface area contributed by atoms with Crippen molar-refractivity contribution < 1.29 is 0 Å². The van der Waals surface area contributed by atoms with Gasteiger partial charge in [-0.25, -0.2) is 0 Å². The summed E-state index contributed by atoms with van der Waals surface area (Å²) in [6, 6.07) is 67.4. The Morgan fingerprint density at radius 2 is 0.691 bits per heavy atom. The zero-order chi connectivity index (χ0) is 37.0. The zero-order valence-corrected chi connectivity index (χ0v) is 31.5. The van der Waals surface area contributed by atoms with Crippen molar-refractivity contribution >= 4 is 43.4 Å². The van der Waals surface area contributed by atoms with Crippen LogP contribution in [0.5, 0.6) is 0 Å². The molecule has 10 rings (SSSR count). The molecule has 10 aromatic rings. The second kappa shape index (κ2) is 13.3. The summed E-state index contributed by atoms with van der Waals surface area (Å²) >= 11 is 0. The van der Waals surface area contributed by atoms with E-state index in [1.54, 1.807) is 0 Å². The number of para-hydroxylation sites is 1. The summed E-state index contributed by atoms with van der Waals surface area (Å²) in [5.74, 6) is 0. The summed E-state index contributed by atoms with van der Waals surface area (Å²) in [7, 11) is 0. The van der Waals surface area contributed by atoms with Crippen LogP contribution in [0.2, 0.25) is 0 Å². The SMILES string of the molecule is CCn1c2ccccc2c2cc(-c3ccc(-c4ccc(-c5c6ccccc6c(-c6ccc(-c7ccccc7)cc6)c6cc(C)c(C)cc56)cc4)cc3)ccc21. The fourth-order valence-electron chi connectivity index (χ4n) is 8.78. The molecule has 0 radical (unpaired) electrons. The van der Waals surface area contributed by atoms with Gasteiger partial charge in [-0.15, -0.1) is 0 Å². The van der Waals surface area contributed by atoms with Crippen molar-refractivity contribution in [3.63, 3.8) is 0 Å². The molecule has 1 heterocycles. The first-order chi connectivity index (χ1) is 27.1. The highest BCUT2D eigenvalue weighted by Gasteiger charge is 2.18. The average Bonchev–Trinajstić information content (AvgIpc) is 3.57. The lowest BCUT2D eigenvalue weighted by Crippen LogP contribution is -1.93. The van der Waals surface area contributed by atoms with E-state index >= 15 is 0 Å². The van der Waals surface area contributed by atoms with Gasteiger partial charge in [0.2, 0.25) is 0 Å². The van der Waals surface area contributed by atoms with E-state index in [0.29, 0.717) is 0 Å². The van der Waals surface area contributed by atoms with Gasteiger partial charge in [0.15, 0.2) is 0 Å². The molecular formula is C54H41N. The van der Waals surface area contributed by atoms with Gasteiger partial charge in [0.1, 0.15) is 0 Å². The quantitative estimate of drug-likeness (QED) is 0.152. The van der Waals surface area contributed by atoms with Crippen molar-refractivity contribution in [2.24, 2.45) is 0 Å². The molecule has 1 aromatic heterocycles. The van der Waals surface area contributed by atoms with Gasteiger partial charge in [-0.2, -0.15) is 0 Å². The van der Waals surface area contributed by atoms with Crippen molar-refractivity contribution in [1.29, 1.82) is 0 Å². The van der Waals surface area contributed by atoms with Crippen LogP contribution in [-0.4, -0.2) is 4.57 Å². The van der Waals surface area contributed by atoms with Gasteiger partial charge in [-0.3, -0.25) is 0 Å². The molecule has 0 unspecified atom stereocenters. The average molecular weight is 704 g/mol. The number of benzene rings is 9. The number of hydrogen-bond donors (Lipinski definition) is 0. The van der Waals surface area contributed by atoms with E-state index in [0.717, 1.165) is 6.54 Å². The van der Waals surface area contributed by atoms with Crippen LogP contribution in [0.1, 0.15) is 18.1 Å². The largest absolute Gasteiger partial charge is 0.341 e. The number of nitrogens with zero attached hydrogens (tertiary/aromatic N) is 1. The van der Waals surface area contributed by atoms with Crippen LogP contribution in [0, 0.1) is 13.8 Å². The summed E-state index contributed by atoms with van der Waals surface area (Å²) in [6.45, 7) is 7.64. The number of aromatic nitrogens is 1. The summed E-state index contributed by atoms with van der Waals surface area (Å²) in [4.78, 5) is 0. The molecule has 0 N–H and O–H groups in total. The summed E-state index contributed by atoms with van der Waals surface area (Å²) in [5.41, 5.74) is 17.6. The third-order valence-electron chi connectivity index (χ3n) is 11.7. The van der Waals surface area contributed by atoms with Crippen molar-refractivity contribution in [3.8, 4) is 55.6 Å². The molecule has 262 valence electrons. The molecule has 0 saturated carbocycles. The molecule has 0 saturated heterocycles. The molecule has 1 heteroatoms. The van der Waals surface area contributed by atoms with Gasteiger partial charge in [0.05, 0.1) is 0 Å². The Hall–Kier alpha value is -6.70. The minimum absolute atomic E-state index is 0.956. The fourth-order valence-corrected chi connectivity index (χ4v) is 8.78. The Balaban J connectivity index is 1.03. The number of hydrogen-bond acceptors (Lipinski definition) is 0. The molecule has 0 aliphatic heterocycles. The lowest BCUT2D eigenvalue weighted by atomic mass is 9.84. The monoisotopic (exact) mass is 703 g/mol. The van der Waals surface area contributed by atoms with Crippen molar-refractivity contribution in [2.45, 2.75) is 27.3 Å². The highest BCUT2D eigenvalue weighted by atomic mass is 15.0. The molecule has 0 bridgehead atoms. The first-order valence-corrected chi connectivity index (χ1v) is 19.4. The maximum atomic E-state index is 2.41. The molecule has 0 fully saturated rings. The minimum Gasteiger partial charge on any atom is -0.341 e. The first kappa shape index (κ1) is 32.9. The summed E-state index contributed by atoms with van der Waals surface area (Å²) < 4.78 is 2.41. The Morgan fingerprint density at radius 1 is 0.309 bits per heavy atom. The molecule has 55 heavy (non-hydrogen) atoms. The van der Waals surface area contributed by atoms with E-state index in [4.69, 9.17) is 0 Å². The molecule has 0 aliphatic carbocycles. The van der Waals surface area contributed by atoms with E-state index in [1.807, 2.05) is 0 Å². The second-order valence-electron chi connectivity index (χ2n) is 14.9. The van der Waals surface area contributed by atoms with Crippen molar-refractivity contribution in [2.75, 3.05) is 0 Å². The van der Waals surface area contributed by atoms with Crippen molar-refractivity contribution in [1.82, 2.24) is 4.57 Å². The fraction of sp³-hybridized carbons (Fsp3) is 0.0741.